The molecule has 3 amide bonds. The molecule has 2 heterocycles. The van der Waals surface area contributed by atoms with Gasteiger partial charge in [-0.05, 0) is 42.8 Å². The first-order chi connectivity index (χ1) is 20.8. The SMILES string of the molecule is CS(=O)(=O)c1cccc(N(C(=O)[C@@H]2CCC(=O)N2c2cc(C#N)ccn2)[C@H](C(=O)NC2CC(F)(F)C2)c2ccccc2Cl)c1. The van der Waals surface area contributed by atoms with Crippen LogP contribution < -0.4 is 15.1 Å². The van der Waals surface area contributed by atoms with E-state index in [1.54, 1.807) is 12.1 Å². The van der Waals surface area contributed by atoms with Crippen LogP contribution in [0.3, 0.4) is 0 Å². The van der Waals surface area contributed by atoms with Gasteiger partial charge in [0.05, 0.1) is 16.5 Å². The second kappa shape index (κ2) is 11.9. The molecule has 44 heavy (non-hydrogen) atoms. The standard InChI is InChI=1S/C30H26ClF2N5O5S/c1-44(42,43)21-6-4-5-20(14-21)37(29(41)24-9-10-26(39)38(24)25-13-18(17-34)11-12-35-25)27(22-7-2-3-8-23(22)31)28(40)36-19-15-30(32,33)16-19/h2-8,11-14,19,24,27H,9-10,15-16H2,1H3,(H,36,40)/t24-,27-/m0/s1. The second-order valence-electron chi connectivity index (χ2n) is 10.7. The van der Waals surface area contributed by atoms with Gasteiger partial charge >= 0.3 is 0 Å². The number of amides is 3. The Morgan fingerprint density at radius 2 is 1.89 bits per heavy atom. The first-order valence-electron chi connectivity index (χ1n) is 13.5. The van der Waals surface area contributed by atoms with Gasteiger partial charge in [-0.2, -0.15) is 5.26 Å². The highest BCUT2D eigenvalue weighted by Gasteiger charge is 2.48. The Hall–Kier alpha value is -4.41. The quantitative estimate of drug-likeness (QED) is 0.389. The summed E-state index contributed by atoms with van der Waals surface area (Å²) in [6.45, 7) is 0. The van der Waals surface area contributed by atoms with Gasteiger partial charge in [0, 0.05) is 54.0 Å². The highest BCUT2D eigenvalue weighted by atomic mass is 35.5. The zero-order valence-corrected chi connectivity index (χ0v) is 24.9. The van der Waals surface area contributed by atoms with Crippen molar-refractivity contribution < 1.29 is 31.6 Å². The summed E-state index contributed by atoms with van der Waals surface area (Å²) in [6.07, 6.45) is 1.10. The number of sulfone groups is 1. The monoisotopic (exact) mass is 641 g/mol. The van der Waals surface area contributed by atoms with Crippen molar-refractivity contribution in [1.29, 1.82) is 5.26 Å². The number of benzene rings is 2. The molecule has 0 radical (unpaired) electrons. The molecule has 228 valence electrons. The van der Waals surface area contributed by atoms with Crippen LogP contribution >= 0.6 is 11.6 Å². The molecular formula is C30H26ClF2N5O5S. The number of hydrogen-bond acceptors (Lipinski definition) is 7. The summed E-state index contributed by atoms with van der Waals surface area (Å²) >= 11 is 6.53. The molecule has 0 bridgehead atoms. The van der Waals surface area contributed by atoms with E-state index in [1.807, 2.05) is 6.07 Å². The van der Waals surface area contributed by atoms with Crippen molar-refractivity contribution in [2.45, 2.75) is 54.6 Å². The highest BCUT2D eigenvalue weighted by Crippen LogP contribution is 2.40. The maximum atomic E-state index is 14.6. The van der Waals surface area contributed by atoms with Crippen LogP contribution in [0.25, 0.3) is 0 Å². The number of rotatable bonds is 8. The van der Waals surface area contributed by atoms with E-state index in [1.165, 1.54) is 54.7 Å². The van der Waals surface area contributed by atoms with E-state index >= 15 is 0 Å². The number of nitriles is 1. The molecule has 2 aromatic carbocycles. The molecule has 1 aliphatic carbocycles. The maximum Gasteiger partial charge on any atom is 0.252 e. The fourth-order valence-corrected chi connectivity index (χ4v) is 6.29. The summed E-state index contributed by atoms with van der Waals surface area (Å²) in [6, 6.07) is 12.7. The predicted molar refractivity (Wildman–Crippen MR) is 157 cm³/mol. The summed E-state index contributed by atoms with van der Waals surface area (Å²) in [4.78, 5) is 47.9. The van der Waals surface area contributed by atoms with Crippen molar-refractivity contribution in [2.75, 3.05) is 16.1 Å². The summed E-state index contributed by atoms with van der Waals surface area (Å²) in [5.74, 6) is -4.94. The zero-order valence-electron chi connectivity index (χ0n) is 23.3. The molecule has 3 aromatic rings. The molecule has 1 aromatic heterocycles. The Labute approximate surface area is 257 Å². The molecule has 2 fully saturated rings. The van der Waals surface area contributed by atoms with E-state index in [0.29, 0.717) is 0 Å². The number of anilines is 2. The van der Waals surface area contributed by atoms with Crippen LogP contribution in [0.5, 0.6) is 0 Å². The van der Waals surface area contributed by atoms with E-state index in [4.69, 9.17) is 11.6 Å². The molecule has 1 aliphatic heterocycles. The number of nitrogens with zero attached hydrogens (tertiary/aromatic N) is 4. The van der Waals surface area contributed by atoms with Gasteiger partial charge in [0.25, 0.3) is 11.8 Å². The molecule has 14 heteroatoms. The number of alkyl halides is 2. The molecule has 0 unspecified atom stereocenters. The van der Waals surface area contributed by atoms with Crippen LogP contribution in [0, 0.1) is 11.3 Å². The van der Waals surface area contributed by atoms with Gasteiger partial charge < -0.3 is 5.32 Å². The summed E-state index contributed by atoms with van der Waals surface area (Å²) in [5.41, 5.74) is 0.343. The Morgan fingerprint density at radius 3 is 2.55 bits per heavy atom. The first-order valence-corrected chi connectivity index (χ1v) is 15.8. The Bertz CT molecular complexity index is 1790. The van der Waals surface area contributed by atoms with Crippen LogP contribution in [0.1, 0.15) is 42.9 Å². The normalized spacial score (nSPS) is 18.7. The zero-order chi connectivity index (χ0) is 31.8. The Morgan fingerprint density at radius 1 is 1.16 bits per heavy atom. The van der Waals surface area contributed by atoms with Crippen molar-refractivity contribution in [2.24, 2.45) is 0 Å². The average Bonchev–Trinajstić information content (AvgIpc) is 3.36. The summed E-state index contributed by atoms with van der Waals surface area (Å²) < 4.78 is 52.3. The van der Waals surface area contributed by atoms with Crippen LogP contribution in [0.15, 0.2) is 71.8 Å². The van der Waals surface area contributed by atoms with Crippen molar-refractivity contribution in [1.82, 2.24) is 10.3 Å². The van der Waals surface area contributed by atoms with Crippen LogP contribution in [-0.4, -0.2) is 55.4 Å². The van der Waals surface area contributed by atoms with Crippen LogP contribution in [0.4, 0.5) is 20.3 Å². The minimum atomic E-state index is -3.77. The number of carbonyl (C=O) groups excluding carboxylic acids is 3. The third kappa shape index (κ3) is 6.27. The van der Waals surface area contributed by atoms with Gasteiger partial charge in [-0.3, -0.25) is 24.2 Å². The van der Waals surface area contributed by atoms with Gasteiger partial charge in [-0.1, -0.05) is 35.9 Å². The van der Waals surface area contributed by atoms with E-state index in [2.05, 4.69) is 10.3 Å². The van der Waals surface area contributed by atoms with Gasteiger partial charge in [0.15, 0.2) is 9.84 Å². The number of halogens is 3. The molecule has 1 saturated heterocycles. The predicted octanol–water partition coefficient (Wildman–Crippen LogP) is 4.19. The van der Waals surface area contributed by atoms with Gasteiger partial charge in [0.1, 0.15) is 17.9 Å². The molecule has 1 N–H and O–H groups in total. The van der Waals surface area contributed by atoms with Gasteiger partial charge in [-0.25, -0.2) is 22.2 Å². The highest BCUT2D eigenvalue weighted by molar-refractivity contribution is 7.90. The molecule has 1 saturated carbocycles. The van der Waals surface area contributed by atoms with Crippen molar-refractivity contribution in [3.05, 3.63) is 83.0 Å². The fraction of sp³-hybridized carbons (Fsp3) is 0.300. The van der Waals surface area contributed by atoms with Crippen molar-refractivity contribution >= 4 is 50.7 Å². The molecule has 2 aliphatic rings. The lowest BCUT2D eigenvalue weighted by Gasteiger charge is -2.39. The lowest BCUT2D eigenvalue weighted by Crippen LogP contribution is -2.56. The molecule has 0 spiro atoms. The smallest absolute Gasteiger partial charge is 0.252 e. The number of carbonyl (C=O) groups is 3. The van der Waals surface area contributed by atoms with Gasteiger partial charge in [0.2, 0.25) is 11.8 Å². The number of hydrogen-bond donors (Lipinski definition) is 1. The fourth-order valence-electron chi connectivity index (χ4n) is 5.39. The van der Waals surface area contributed by atoms with Crippen molar-refractivity contribution in [3.63, 3.8) is 0 Å². The Kier molecular flexibility index (Phi) is 8.42. The Balaban J connectivity index is 1.66. The minimum Gasteiger partial charge on any atom is -0.351 e. The molecule has 2 atom stereocenters. The third-order valence-corrected chi connectivity index (χ3v) is 8.98. The number of aromatic nitrogens is 1. The van der Waals surface area contributed by atoms with Crippen molar-refractivity contribution in [3.8, 4) is 6.07 Å². The topological polar surface area (TPSA) is 141 Å². The second-order valence-corrected chi connectivity index (χ2v) is 13.1. The van der Waals surface area contributed by atoms with Crippen LogP contribution in [-0.2, 0) is 24.2 Å². The number of pyridine rings is 1. The third-order valence-electron chi connectivity index (χ3n) is 7.52. The van der Waals surface area contributed by atoms with Crippen LogP contribution in [0.2, 0.25) is 5.02 Å². The van der Waals surface area contributed by atoms with E-state index in [-0.39, 0.29) is 45.4 Å². The van der Waals surface area contributed by atoms with Gasteiger partial charge in [-0.15, -0.1) is 0 Å². The lowest BCUT2D eigenvalue weighted by molar-refractivity contribution is -0.133. The average molecular weight is 642 g/mol. The molecular weight excluding hydrogens is 616 g/mol. The van der Waals surface area contributed by atoms with E-state index in [9.17, 15) is 36.8 Å². The van der Waals surface area contributed by atoms with E-state index in [0.717, 1.165) is 16.1 Å². The maximum absolute atomic E-state index is 14.6. The van der Waals surface area contributed by atoms with E-state index < -0.39 is 64.4 Å². The molecule has 5 rings (SSSR count). The largest absolute Gasteiger partial charge is 0.351 e. The minimum absolute atomic E-state index is 0.00466. The molecule has 10 nitrogen and oxygen atoms in total. The number of nitrogens with one attached hydrogen (secondary N) is 1. The summed E-state index contributed by atoms with van der Waals surface area (Å²) in [7, 11) is -3.77. The first kappa shape index (κ1) is 31.0. The lowest BCUT2D eigenvalue weighted by atomic mass is 9.87. The summed E-state index contributed by atoms with van der Waals surface area (Å²) in [5, 5.41) is 12.1.